The first kappa shape index (κ1) is 12.5. The highest BCUT2D eigenvalue weighted by atomic mass is 19.1. The molecule has 0 fully saturated rings. The maximum atomic E-state index is 13.5. The Balaban J connectivity index is 1.78. The standard InChI is InChI=1S/C14H11F2NO3/c15-9-1-2-11(10(16)4-9)17-6-8-3-13-14(5-12(8)18)20-7-19-13/h1-5,17-18H,6-7H2. The normalized spacial score (nSPS) is 12.5. The predicted molar refractivity (Wildman–Crippen MR) is 67.9 cm³/mol. The maximum absolute atomic E-state index is 13.5. The molecule has 1 aliphatic rings. The minimum atomic E-state index is -0.690. The molecule has 0 aliphatic carbocycles. The number of phenolic OH excluding ortho intramolecular Hbond substituents is 1. The number of fused-ring (bicyclic) bond motifs is 1. The third-order valence-electron chi connectivity index (χ3n) is 2.97. The first-order valence-corrected chi connectivity index (χ1v) is 5.94. The lowest BCUT2D eigenvalue weighted by atomic mass is 10.1. The first-order chi connectivity index (χ1) is 9.63. The maximum Gasteiger partial charge on any atom is 0.231 e. The minimum Gasteiger partial charge on any atom is -0.507 e. The van der Waals surface area contributed by atoms with Crippen molar-refractivity contribution < 1.29 is 23.4 Å². The topological polar surface area (TPSA) is 50.7 Å². The molecule has 0 amide bonds. The van der Waals surface area contributed by atoms with Crippen molar-refractivity contribution in [2.45, 2.75) is 6.54 Å². The summed E-state index contributed by atoms with van der Waals surface area (Å²) in [7, 11) is 0. The third kappa shape index (κ3) is 2.32. The van der Waals surface area contributed by atoms with E-state index in [4.69, 9.17) is 9.47 Å². The van der Waals surface area contributed by atoms with Gasteiger partial charge in [0.2, 0.25) is 6.79 Å². The van der Waals surface area contributed by atoms with Crippen LogP contribution in [0.4, 0.5) is 14.5 Å². The van der Waals surface area contributed by atoms with Crippen molar-refractivity contribution in [1.29, 1.82) is 0 Å². The van der Waals surface area contributed by atoms with Gasteiger partial charge in [-0.2, -0.15) is 0 Å². The van der Waals surface area contributed by atoms with Crippen LogP contribution in [0.5, 0.6) is 17.2 Å². The summed E-state index contributed by atoms with van der Waals surface area (Å²) >= 11 is 0. The number of benzene rings is 2. The molecule has 104 valence electrons. The van der Waals surface area contributed by atoms with Crippen molar-refractivity contribution in [3.63, 3.8) is 0 Å². The Morgan fingerprint density at radius 1 is 1.10 bits per heavy atom. The number of anilines is 1. The fourth-order valence-electron chi connectivity index (χ4n) is 1.94. The molecule has 0 atom stereocenters. The highest BCUT2D eigenvalue weighted by Gasteiger charge is 2.17. The van der Waals surface area contributed by atoms with Gasteiger partial charge in [0.1, 0.15) is 17.4 Å². The van der Waals surface area contributed by atoms with E-state index in [-0.39, 0.29) is 24.8 Å². The van der Waals surface area contributed by atoms with Gasteiger partial charge in [0.25, 0.3) is 0 Å². The summed E-state index contributed by atoms with van der Waals surface area (Å²) in [6.45, 7) is 0.281. The molecule has 20 heavy (non-hydrogen) atoms. The molecule has 2 aromatic carbocycles. The van der Waals surface area contributed by atoms with Crippen LogP contribution in [-0.2, 0) is 6.54 Å². The van der Waals surface area contributed by atoms with Crippen LogP contribution in [0.1, 0.15) is 5.56 Å². The molecule has 6 heteroatoms. The Bertz CT molecular complexity index is 661. The molecule has 2 N–H and O–H groups in total. The molecule has 0 saturated heterocycles. The van der Waals surface area contributed by atoms with Gasteiger partial charge in [-0.25, -0.2) is 8.78 Å². The number of aromatic hydroxyl groups is 1. The van der Waals surface area contributed by atoms with Gasteiger partial charge in [-0.1, -0.05) is 0 Å². The summed E-state index contributed by atoms with van der Waals surface area (Å²) in [6.07, 6.45) is 0. The van der Waals surface area contributed by atoms with E-state index >= 15 is 0 Å². The Kier molecular flexibility index (Phi) is 3.06. The summed E-state index contributed by atoms with van der Waals surface area (Å²) in [5, 5.41) is 12.6. The monoisotopic (exact) mass is 279 g/mol. The lowest BCUT2D eigenvalue weighted by molar-refractivity contribution is 0.174. The number of nitrogens with one attached hydrogen (secondary N) is 1. The van der Waals surface area contributed by atoms with Crippen LogP contribution in [0.2, 0.25) is 0 Å². The average molecular weight is 279 g/mol. The van der Waals surface area contributed by atoms with E-state index < -0.39 is 11.6 Å². The van der Waals surface area contributed by atoms with Gasteiger partial charge in [0.05, 0.1) is 5.69 Å². The van der Waals surface area contributed by atoms with E-state index in [0.717, 1.165) is 12.1 Å². The number of rotatable bonds is 3. The fourth-order valence-corrected chi connectivity index (χ4v) is 1.94. The molecular formula is C14H11F2NO3. The number of halogens is 2. The fraction of sp³-hybridized carbons (Fsp3) is 0.143. The lowest BCUT2D eigenvalue weighted by Gasteiger charge is -2.10. The molecule has 0 unspecified atom stereocenters. The van der Waals surface area contributed by atoms with Gasteiger partial charge in [-0.3, -0.25) is 0 Å². The van der Waals surface area contributed by atoms with Crippen LogP contribution in [0, 0.1) is 11.6 Å². The van der Waals surface area contributed by atoms with E-state index in [0.29, 0.717) is 17.1 Å². The van der Waals surface area contributed by atoms with Crippen molar-refractivity contribution in [2.24, 2.45) is 0 Å². The molecule has 4 nitrogen and oxygen atoms in total. The predicted octanol–water partition coefficient (Wildman–Crippen LogP) is 3.01. The summed E-state index contributed by atoms with van der Waals surface area (Å²) < 4.78 is 36.6. The second-order valence-electron chi connectivity index (χ2n) is 4.31. The Morgan fingerprint density at radius 2 is 1.85 bits per heavy atom. The Hall–Kier alpha value is -2.50. The van der Waals surface area contributed by atoms with E-state index in [1.54, 1.807) is 6.07 Å². The largest absolute Gasteiger partial charge is 0.507 e. The van der Waals surface area contributed by atoms with E-state index in [2.05, 4.69) is 5.32 Å². The quantitative estimate of drug-likeness (QED) is 0.906. The molecule has 0 saturated carbocycles. The SMILES string of the molecule is Oc1cc2c(cc1CNc1ccc(F)cc1F)OCO2. The number of phenols is 1. The lowest BCUT2D eigenvalue weighted by Crippen LogP contribution is -2.02. The zero-order chi connectivity index (χ0) is 14.1. The number of hydrogen-bond acceptors (Lipinski definition) is 4. The summed E-state index contributed by atoms with van der Waals surface area (Å²) in [6, 6.07) is 6.31. The molecule has 1 aliphatic heterocycles. The smallest absolute Gasteiger partial charge is 0.231 e. The molecule has 2 aromatic rings. The minimum absolute atomic E-state index is 0.0178. The van der Waals surface area contributed by atoms with Crippen LogP contribution in [-0.4, -0.2) is 11.9 Å². The highest BCUT2D eigenvalue weighted by Crippen LogP contribution is 2.37. The highest BCUT2D eigenvalue weighted by molar-refractivity contribution is 5.53. The molecule has 0 bridgehead atoms. The van der Waals surface area contributed by atoms with Gasteiger partial charge < -0.3 is 19.9 Å². The summed E-state index contributed by atoms with van der Waals surface area (Å²) in [4.78, 5) is 0. The number of hydrogen-bond donors (Lipinski definition) is 2. The van der Waals surface area contributed by atoms with Crippen LogP contribution >= 0.6 is 0 Å². The van der Waals surface area contributed by atoms with Crippen LogP contribution in [0.3, 0.4) is 0 Å². The molecule has 1 heterocycles. The van der Waals surface area contributed by atoms with Crippen LogP contribution < -0.4 is 14.8 Å². The number of ether oxygens (including phenoxy) is 2. The second-order valence-corrected chi connectivity index (χ2v) is 4.31. The van der Waals surface area contributed by atoms with Crippen molar-refractivity contribution in [3.8, 4) is 17.2 Å². The van der Waals surface area contributed by atoms with Gasteiger partial charge in [0.15, 0.2) is 11.5 Å². The van der Waals surface area contributed by atoms with Gasteiger partial charge in [-0.05, 0) is 18.2 Å². The Labute approximate surface area is 113 Å². The average Bonchev–Trinajstić information content (AvgIpc) is 2.84. The van der Waals surface area contributed by atoms with Gasteiger partial charge in [-0.15, -0.1) is 0 Å². The van der Waals surface area contributed by atoms with Crippen LogP contribution in [0.15, 0.2) is 30.3 Å². The van der Waals surface area contributed by atoms with Crippen molar-refractivity contribution >= 4 is 5.69 Å². The Morgan fingerprint density at radius 3 is 2.60 bits per heavy atom. The molecule has 0 aromatic heterocycles. The second kappa shape index (κ2) is 4.88. The van der Waals surface area contributed by atoms with E-state index in [1.165, 1.54) is 12.1 Å². The van der Waals surface area contributed by atoms with Crippen molar-refractivity contribution in [3.05, 3.63) is 47.5 Å². The summed E-state index contributed by atoms with van der Waals surface area (Å²) in [5.74, 6) is -0.313. The van der Waals surface area contributed by atoms with Gasteiger partial charge >= 0.3 is 0 Å². The third-order valence-corrected chi connectivity index (χ3v) is 2.97. The van der Waals surface area contributed by atoms with E-state index in [9.17, 15) is 13.9 Å². The molecule has 3 rings (SSSR count). The zero-order valence-corrected chi connectivity index (χ0v) is 10.3. The van der Waals surface area contributed by atoms with E-state index in [1.807, 2.05) is 0 Å². The molecule has 0 spiro atoms. The summed E-state index contributed by atoms with van der Waals surface area (Å²) in [5.41, 5.74) is 0.682. The van der Waals surface area contributed by atoms with Crippen molar-refractivity contribution in [2.75, 3.05) is 12.1 Å². The van der Waals surface area contributed by atoms with Crippen LogP contribution in [0.25, 0.3) is 0 Å². The van der Waals surface area contributed by atoms with Gasteiger partial charge in [0, 0.05) is 24.2 Å². The zero-order valence-electron chi connectivity index (χ0n) is 10.3. The molecular weight excluding hydrogens is 268 g/mol. The molecule has 0 radical (unpaired) electrons. The first-order valence-electron chi connectivity index (χ1n) is 5.94. The van der Waals surface area contributed by atoms with Crippen molar-refractivity contribution in [1.82, 2.24) is 0 Å².